The van der Waals surface area contributed by atoms with Crippen LogP contribution in [0, 0.1) is 11.3 Å². The van der Waals surface area contributed by atoms with Crippen LogP contribution in [0.25, 0.3) is 0 Å². The highest BCUT2D eigenvalue weighted by Crippen LogP contribution is 2.21. The zero-order valence-electron chi connectivity index (χ0n) is 5.66. The summed E-state index contributed by atoms with van der Waals surface area (Å²) in [7, 11) is 0. The number of hydrogen-bond acceptors (Lipinski definition) is 2. The lowest BCUT2D eigenvalue weighted by Gasteiger charge is -2.14. The highest BCUT2D eigenvalue weighted by molar-refractivity contribution is 14.2. The Hall–Kier alpha value is -0.890. The second-order valence-electron chi connectivity index (χ2n) is 2.14. The van der Waals surface area contributed by atoms with E-state index in [1.54, 1.807) is 0 Å². The van der Waals surface area contributed by atoms with Crippen molar-refractivity contribution in [3.8, 4) is 6.07 Å². The third kappa shape index (κ3) is 1.14. The summed E-state index contributed by atoms with van der Waals surface area (Å²) in [4.78, 5) is 2.03. The van der Waals surface area contributed by atoms with Crippen LogP contribution in [0.4, 0.5) is 0 Å². The summed E-state index contributed by atoms with van der Waals surface area (Å²) in [6, 6.07) is 2.11. The lowest BCUT2D eigenvalue weighted by atomic mass is 10.2. The molecular formula is C8H5IN2. The molecule has 0 radical (unpaired) electrons. The van der Waals surface area contributed by atoms with Gasteiger partial charge in [-0.05, 0) is 16.2 Å². The Labute approximate surface area is 74.9 Å². The summed E-state index contributed by atoms with van der Waals surface area (Å²) in [5, 5.41) is 8.59. The first-order valence-corrected chi connectivity index (χ1v) is 5.48. The largest absolute Gasteiger partial charge is 0.317 e. The molecular weight excluding hydrogens is 251 g/mol. The molecule has 0 saturated carbocycles. The lowest BCUT2D eigenvalue weighted by molar-refractivity contribution is 0.777. The fraction of sp³-hybridized carbons (Fsp3) is 0. The van der Waals surface area contributed by atoms with Crippen LogP contribution in [0.5, 0.6) is 0 Å². The van der Waals surface area contributed by atoms with Crippen molar-refractivity contribution in [2.45, 2.75) is 0 Å². The molecule has 0 aromatic carbocycles. The van der Waals surface area contributed by atoms with E-state index in [2.05, 4.69) is 10.2 Å². The van der Waals surface area contributed by atoms with Gasteiger partial charge in [0.05, 0.1) is 9.21 Å². The van der Waals surface area contributed by atoms with Crippen LogP contribution in [0.15, 0.2) is 34.2 Å². The van der Waals surface area contributed by atoms with E-state index in [-0.39, 0.29) is 20.7 Å². The topological polar surface area (TPSA) is 27.0 Å². The van der Waals surface area contributed by atoms with Crippen LogP contribution in [-0.2, 0) is 0 Å². The van der Waals surface area contributed by atoms with Gasteiger partial charge in [0, 0.05) is 12.4 Å². The lowest BCUT2D eigenvalue weighted by Crippen LogP contribution is -2.16. The minimum Gasteiger partial charge on any atom is -0.317 e. The van der Waals surface area contributed by atoms with Crippen LogP contribution in [0.3, 0.4) is 0 Å². The number of rotatable bonds is 0. The van der Waals surface area contributed by atoms with Crippen LogP contribution >= 0.6 is 20.7 Å². The summed E-state index contributed by atoms with van der Waals surface area (Å²) in [5.41, 5.74) is 0.726. The Morgan fingerprint density at radius 1 is 1.45 bits per heavy atom. The Kier molecular flexibility index (Phi) is 1.62. The number of hydrogen-bond donors (Lipinski definition) is 0. The Balaban J connectivity index is 2.38. The molecule has 0 saturated heterocycles. The van der Waals surface area contributed by atoms with Crippen LogP contribution in [-0.4, -0.2) is 8.53 Å². The van der Waals surface area contributed by atoms with Gasteiger partial charge in [-0.15, -0.1) is 0 Å². The number of fused-ring (bicyclic) bond motifs is 1. The third-order valence-corrected chi connectivity index (χ3v) is 3.68. The van der Waals surface area contributed by atoms with E-state index in [0.717, 1.165) is 5.57 Å². The summed E-state index contributed by atoms with van der Waals surface area (Å²) in [5.74, 6) is 0. The Bertz CT molecular complexity index is 342. The molecule has 2 aliphatic heterocycles. The monoisotopic (exact) mass is 256 g/mol. The van der Waals surface area contributed by atoms with Crippen molar-refractivity contribution in [3.05, 3.63) is 34.2 Å². The highest BCUT2D eigenvalue weighted by atomic mass is 127. The predicted octanol–water partition coefficient (Wildman–Crippen LogP) is 1.85. The quantitative estimate of drug-likeness (QED) is 0.618. The van der Waals surface area contributed by atoms with Crippen molar-refractivity contribution < 1.29 is 0 Å². The molecule has 2 aliphatic rings. The summed E-state index contributed by atoms with van der Waals surface area (Å²) < 4.78 is 3.54. The number of allylic oxidation sites excluding steroid dienone is 2. The third-order valence-electron chi connectivity index (χ3n) is 1.45. The molecule has 0 spiro atoms. The van der Waals surface area contributed by atoms with Crippen molar-refractivity contribution in [1.82, 2.24) is 4.90 Å². The SMILES string of the molecule is N#CC1=CN2C=CI=C2C=C1. The normalized spacial score (nSPS) is 19.7. The van der Waals surface area contributed by atoms with Crippen molar-refractivity contribution >= 4 is 24.4 Å². The van der Waals surface area contributed by atoms with E-state index >= 15 is 0 Å². The zero-order chi connectivity index (χ0) is 7.68. The Morgan fingerprint density at radius 3 is 3.18 bits per heavy atom. The summed E-state index contributed by atoms with van der Waals surface area (Å²) in [6.45, 7) is 0. The van der Waals surface area contributed by atoms with Crippen molar-refractivity contribution in [3.63, 3.8) is 0 Å². The molecule has 11 heavy (non-hydrogen) atoms. The van der Waals surface area contributed by atoms with Crippen LogP contribution in [0.1, 0.15) is 0 Å². The minimum absolute atomic E-state index is 0.0774. The maximum atomic E-state index is 8.59. The smallest absolute Gasteiger partial charge is 0.101 e. The van der Waals surface area contributed by atoms with E-state index < -0.39 is 0 Å². The van der Waals surface area contributed by atoms with Gasteiger partial charge in [0.25, 0.3) is 0 Å². The second kappa shape index (κ2) is 2.62. The van der Waals surface area contributed by atoms with E-state index in [4.69, 9.17) is 5.26 Å². The van der Waals surface area contributed by atoms with E-state index in [1.807, 2.05) is 29.5 Å². The first-order valence-electron chi connectivity index (χ1n) is 3.15. The molecule has 0 aromatic heterocycles. The molecule has 54 valence electrons. The average molecular weight is 256 g/mol. The van der Waals surface area contributed by atoms with Crippen LogP contribution < -0.4 is 0 Å². The highest BCUT2D eigenvalue weighted by Gasteiger charge is 2.10. The minimum atomic E-state index is 0.0774. The van der Waals surface area contributed by atoms with Gasteiger partial charge in [0.15, 0.2) is 0 Å². The molecule has 0 aromatic rings. The number of halogens is 1. The van der Waals surface area contributed by atoms with Gasteiger partial charge in [0.1, 0.15) is 6.07 Å². The van der Waals surface area contributed by atoms with E-state index in [9.17, 15) is 0 Å². The molecule has 2 heterocycles. The molecule has 0 unspecified atom stereocenters. The van der Waals surface area contributed by atoms with Gasteiger partial charge in [-0.2, -0.15) is 5.26 Å². The van der Waals surface area contributed by atoms with Gasteiger partial charge < -0.3 is 4.90 Å². The molecule has 2 nitrogen and oxygen atoms in total. The van der Waals surface area contributed by atoms with Gasteiger partial charge >= 0.3 is 0 Å². The molecule has 2 rings (SSSR count). The Morgan fingerprint density at radius 2 is 2.36 bits per heavy atom. The summed E-state index contributed by atoms with van der Waals surface area (Å²) >= 11 is 0.0774. The predicted molar refractivity (Wildman–Crippen MR) is 52.8 cm³/mol. The molecule has 0 amide bonds. The van der Waals surface area contributed by atoms with Crippen molar-refractivity contribution in [2.75, 3.05) is 0 Å². The van der Waals surface area contributed by atoms with E-state index in [0.29, 0.717) is 0 Å². The van der Waals surface area contributed by atoms with Gasteiger partial charge in [-0.3, -0.25) is 0 Å². The van der Waals surface area contributed by atoms with Crippen molar-refractivity contribution in [2.24, 2.45) is 0 Å². The standard InChI is InChI=1S/C8H5IN2/c10-5-7-1-2-8-9-3-4-11(8)6-7/h1-4,6H. The molecule has 3 heteroatoms. The maximum Gasteiger partial charge on any atom is 0.101 e. The molecule has 0 atom stereocenters. The maximum absolute atomic E-state index is 8.59. The first kappa shape index (κ1) is 6.80. The van der Waals surface area contributed by atoms with Crippen LogP contribution in [0.2, 0.25) is 0 Å². The molecule has 0 aliphatic carbocycles. The van der Waals surface area contributed by atoms with Gasteiger partial charge in [-0.1, -0.05) is 20.7 Å². The fourth-order valence-corrected chi connectivity index (χ4v) is 2.81. The van der Waals surface area contributed by atoms with E-state index in [1.165, 1.54) is 3.63 Å². The molecule has 0 N–H and O–H groups in total. The average Bonchev–Trinajstić information content (AvgIpc) is 2.50. The summed E-state index contributed by atoms with van der Waals surface area (Å²) in [6.07, 6.45) is 7.81. The number of nitrogens with zero attached hydrogens (tertiary/aromatic N) is 2. The zero-order valence-corrected chi connectivity index (χ0v) is 7.82. The van der Waals surface area contributed by atoms with Gasteiger partial charge in [0.2, 0.25) is 0 Å². The first-order chi connectivity index (χ1) is 5.40. The number of nitriles is 1. The van der Waals surface area contributed by atoms with Crippen molar-refractivity contribution in [1.29, 1.82) is 5.26 Å². The fourth-order valence-electron chi connectivity index (χ4n) is 0.926. The molecule has 0 bridgehead atoms. The van der Waals surface area contributed by atoms with Gasteiger partial charge in [-0.25, -0.2) is 0 Å². The second-order valence-corrected chi connectivity index (χ2v) is 4.59. The molecule has 0 fully saturated rings.